The molecule has 38 heavy (non-hydrogen) atoms. The summed E-state index contributed by atoms with van der Waals surface area (Å²) in [7, 11) is 1.37. The predicted octanol–water partition coefficient (Wildman–Crippen LogP) is 5.41. The molecule has 11 heteroatoms. The number of likely N-dealkylation sites (tertiary alicyclic amines) is 1. The van der Waals surface area contributed by atoms with Crippen LogP contribution in [-0.2, 0) is 0 Å². The summed E-state index contributed by atoms with van der Waals surface area (Å²) < 4.78 is 20.7. The van der Waals surface area contributed by atoms with Crippen molar-refractivity contribution in [1.82, 2.24) is 15.2 Å². The normalized spacial score (nSPS) is 15.5. The van der Waals surface area contributed by atoms with Gasteiger partial charge in [0.2, 0.25) is 0 Å². The van der Waals surface area contributed by atoms with Crippen molar-refractivity contribution >= 4 is 52.2 Å². The second-order valence-corrected chi connectivity index (χ2v) is 9.71. The number of halogens is 3. The maximum absolute atomic E-state index is 15.3. The molecule has 2 fully saturated rings. The molecular formula is C27H24Cl2FN5O3. The maximum atomic E-state index is 15.3. The lowest BCUT2D eigenvalue weighted by Gasteiger charge is -2.39. The minimum Gasteiger partial charge on any atom is -0.494 e. The number of methoxy groups -OCH3 is 1. The fourth-order valence-corrected chi connectivity index (χ4v) is 4.57. The number of nitrogens with one attached hydrogen (secondary N) is 3. The van der Waals surface area contributed by atoms with E-state index < -0.39 is 17.6 Å². The molecule has 3 heterocycles. The van der Waals surface area contributed by atoms with Crippen molar-refractivity contribution in [3.05, 3.63) is 86.9 Å². The summed E-state index contributed by atoms with van der Waals surface area (Å²) in [5.74, 6) is -1.65. The van der Waals surface area contributed by atoms with Gasteiger partial charge in [-0.3, -0.25) is 9.59 Å². The van der Waals surface area contributed by atoms with E-state index in [2.05, 4.69) is 25.8 Å². The van der Waals surface area contributed by atoms with Crippen LogP contribution in [0.3, 0.4) is 0 Å². The van der Waals surface area contributed by atoms with Gasteiger partial charge in [-0.1, -0.05) is 29.3 Å². The van der Waals surface area contributed by atoms with Gasteiger partial charge in [0.05, 0.1) is 34.6 Å². The van der Waals surface area contributed by atoms with Crippen LogP contribution in [0.5, 0.6) is 5.75 Å². The highest BCUT2D eigenvalue weighted by atomic mass is 35.5. The van der Waals surface area contributed by atoms with Gasteiger partial charge in [-0.25, -0.2) is 9.37 Å². The molecule has 0 atom stereocenters. The molecule has 0 aliphatic carbocycles. The lowest BCUT2D eigenvalue weighted by atomic mass is 9.99. The van der Waals surface area contributed by atoms with Gasteiger partial charge in [-0.05, 0) is 36.8 Å². The van der Waals surface area contributed by atoms with Gasteiger partial charge >= 0.3 is 0 Å². The van der Waals surface area contributed by atoms with E-state index in [0.717, 1.165) is 43.9 Å². The highest BCUT2D eigenvalue weighted by Gasteiger charge is 2.27. The van der Waals surface area contributed by atoms with Crippen molar-refractivity contribution in [2.24, 2.45) is 0 Å². The standard InChI is InChI=1S/C27H24Cl2FN5O3/c1-38-22-13-17(29)12-19(27(37)33-23-6-4-16(28)14-32-23)24(22)34-26(36)18-5-3-15(11-20(18)30)25(21-7-8-31-21)35-9-2-10-35/h3-6,11-14,31H,2,7-10H2,1H3,(H,34,36)(H,32,33,37). The highest BCUT2D eigenvalue weighted by molar-refractivity contribution is 6.32. The van der Waals surface area contributed by atoms with Gasteiger partial charge < -0.3 is 25.6 Å². The van der Waals surface area contributed by atoms with Gasteiger partial charge in [0.15, 0.2) is 0 Å². The Kier molecular flexibility index (Phi) is 7.40. The molecule has 2 amide bonds. The van der Waals surface area contributed by atoms with Crippen molar-refractivity contribution in [2.75, 3.05) is 37.4 Å². The quantitative estimate of drug-likeness (QED) is 0.361. The summed E-state index contributed by atoms with van der Waals surface area (Å²) in [5, 5.41) is 9.17. The number of nitrogens with zero attached hydrogens (tertiary/aromatic N) is 2. The number of rotatable bonds is 7. The summed E-state index contributed by atoms with van der Waals surface area (Å²) >= 11 is 12.1. The Morgan fingerprint density at radius 1 is 1.03 bits per heavy atom. The first-order chi connectivity index (χ1) is 18.3. The van der Waals surface area contributed by atoms with Gasteiger partial charge in [0.25, 0.3) is 11.8 Å². The van der Waals surface area contributed by atoms with E-state index in [1.807, 2.05) is 0 Å². The number of amides is 2. The van der Waals surface area contributed by atoms with Gasteiger partial charge in [-0.2, -0.15) is 0 Å². The molecule has 5 rings (SSSR count). The van der Waals surface area contributed by atoms with Crippen LogP contribution in [0.1, 0.15) is 39.1 Å². The molecule has 2 aliphatic rings. The third-order valence-electron chi connectivity index (χ3n) is 6.40. The second-order valence-electron chi connectivity index (χ2n) is 8.84. The zero-order chi connectivity index (χ0) is 26.8. The number of carbonyl (C=O) groups excluding carboxylic acids is 2. The largest absolute Gasteiger partial charge is 0.494 e. The molecule has 0 bridgehead atoms. The monoisotopic (exact) mass is 555 g/mol. The van der Waals surface area contributed by atoms with Crippen LogP contribution in [0.15, 0.2) is 54.4 Å². The third-order valence-corrected chi connectivity index (χ3v) is 6.84. The van der Waals surface area contributed by atoms with Gasteiger partial charge in [0, 0.05) is 54.6 Å². The zero-order valence-corrected chi connectivity index (χ0v) is 21.9. The average molecular weight is 556 g/mol. The molecule has 2 aromatic carbocycles. The van der Waals surface area contributed by atoms with Crippen molar-refractivity contribution in [2.45, 2.75) is 12.8 Å². The Labute approximate surface area is 228 Å². The Balaban J connectivity index is 1.43. The van der Waals surface area contributed by atoms with E-state index >= 15 is 4.39 Å². The lowest BCUT2D eigenvalue weighted by molar-refractivity contribution is 0.102. The Morgan fingerprint density at radius 2 is 1.79 bits per heavy atom. The van der Waals surface area contributed by atoms with Gasteiger partial charge in [-0.15, -0.1) is 0 Å². The molecule has 196 valence electrons. The molecule has 3 N–H and O–H groups in total. The van der Waals surface area contributed by atoms with Crippen molar-refractivity contribution in [1.29, 1.82) is 0 Å². The third kappa shape index (κ3) is 5.25. The lowest BCUT2D eigenvalue weighted by Crippen LogP contribution is -2.40. The fourth-order valence-electron chi connectivity index (χ4n) is 4.25. The molecule has 0 spiro atoms. The first-order valence-electron chi connectivity index (χ1n) is 12.0. The SMILES string of the molecule is COc1cc(Cl)cc(C(=O)Nc2ccc(Cl)cn2)c1NC(=O)c1ccc(C(=C2CCN2)N2CCC2)cc1F. The van der Waals surface area contributed by atoms with Crippen LogP contribution in [0.4, 0.5) is 15.9 Å². The number of anilines is 2. The number of pyridine rings is 1. The summed E-state index contributed by atoms with van der Waals surface area (Å²) in [6, 6.07) is 10.5. The van der Waals surface area contributed by atoms with E-state index in [1.165, 1.54) is 43.6 Å². The van der Waals surface area contributed by atoms with Crippen LogP contribution in [-0.4, -0.2) is 48.4 Å². The Hall–Kier alpha value is -3.82. The molecule has 0 unspecified atom stereocenters. The molecule has 8 nitrogen and oxygen atoms in total. The minimum atomic E-state index is -0.742. The smallest absolute Gasteiger partial charge is 0.259 e. The van der Waals surface area contributed by atoms with Crippen LogP contribution in [0.2, 0.25) is 10.0 Å². The predicted molar refractivity (Wildman–Crippen MR) is 145 cm³/mol. The molecule has 0 saturated carbocycles. The molecule has 3 aromatic rings. The minimum absolute atomic E-state index is 0.0114. The molecule has 1 aromatic heterocycles. The number of benzene rings is 2. The van der Waals surface area contributed by atoms with Crippen molar-refractivity contribution in [3.63, 3.8) is 0 Å². The number of carbonyl (C=O) groups is 2. The summed E-state index contributed by atoms with van der Waals surface area (Å²) in [4.78, 5) is 32.6. The van der Waals surface area contributed by atoms with E-state index in [-0.39, 0.29) is 33.4 Å². The topological polar surface area (TPSA) is 95.6 Å². The fraction of sp³-hybridized carbons (Fsp3) is 0.222. The number of hydrogen-bond acceptors (Lipinski definition) is 6. The molecule has 0 radical (unpaired) electrons. The summed E-state index contributed by atoms with van der Waals surface area (Å²) in [6.45, 7) is 2.72. The Morgan fingerprint density at radius 3 is 2.37 bits per heavy atom. The van der Waals surface area contributed by atoms with E-state index in [9.17, 15) is 9.59 Å². The number of ether oxygens (including phenoxy) is 1. The van der Waals surface area contributed by atoms with Crippen molar-refractivity contribution < 1.29 is 18.7 Å². The zero-order valence-electron chi connectivity index (χ0n) is 20.4. The second kappa shape index (κ2) is 10.9. The summed E-state index contributed by atoms with van der Waals surface area (Å²) in [6.07, 6.45) is 3.38. The van der Waals surface area contributed by atoms with E-state index in [1.54, 1.807) is 12.1 Å². The van der Waals surface area contributed by atoms with E-state index in [4.69, 9.17) is 27.9 Å². The van der Waals surface area contributed by atoms with E-state index in [0.29, 0.717) is 10.6 Å². The molecule has 2 aliphatic heterocycles. The Bertz CT molecular complexity index is 1440. The van der Waals surface area contributed by atoms with Crippen LogP contribution in [0.25, 0.3) is 5.70 Å². The first-order valence-corrected chi connectivity index (χ1v) is 12.7. The molecule has 2 saturated heterocycles. The molecular weight excluding hydrogens is 532 g/mol. The van der Waals surface area contributed by atoms with Crippen molar-refractivity contribution in [3.8, 4) is 5.75 Å². The first kappa shape index (κ1) is 25.8. The number of aromatic nitrogens is 1. The maximum Gasteiger partial charge on any atom is 0.259 e. The van der Waals surface area contributed by atoms with Crippen LogP contribution in [0, 0.1) is 5.82 Å². The van der Waals surface area contributed by atoms with Gasteiger partial charge in [0.1, 0.15) is 17.4 Å². The summed E-state index contributed by atoms with van der Waals surface area (Å²) in [5.41, 5.74) is 2.64. The number of hydrogen-bond donors (Lipinski definition) is 3. The van der Waals surface area contributed by atoms with Crippen LogP contribution < -0.4 is 20.7 Å². The van der Waals surface area contributed by atoms with Crippen LogP contribution >= 0.6 is 23.2 Å². The average Bonchev–Trinajstić information content (AvgIpc) is 2.83. The highest BCUT2D eigenvalue weighted by Crippen LogP contribution is 2.35.